The lowest BCUT2D eigenvalue weighted by Gasteiger charge is -2.28. The average molecular weight is 283 g/mol. The highest BCUT2D eigenvalue weighted by Crippen LogP contribution is 2.14. The van der Waals surface area contributed by atoms with Crippen LogP contribution in [0.3, 0.4) is 0 Å². The highest BCUT2D eigenvalue weighted by Gasteiger charge is 2.30. The van der Waals surface area contributed by atoms with Gasteiger partial charge in [-0.05, 0) is 38.1 Å². The van der Waals surface area contributed by atoms with Gasteiger partial charge in [-0.3, -0.25) is 4.79 Å². The van der Waals surface area contributed by atoms with E-state index >= 15 is 0 Å². The molecular formula is C14H21NO5. The van der Waals surface area contributed by atoms with E-state index in [-0.39, 0.29) is 6.10 Å². The van der Waals surface area contributed by atoms with Crippen LogP contribution in [0.2, 0.25) is 0 Å². The normalized spacial score (nSPS) is 11.5. The third kappa shape index (κ3) is 4.19. The molecule has 20 heavy (non-hydrogen) atoms. The van der Waals surface area contributed by atoms with E-state index in [4.69, 9.17) is 20.1 Å². The summed E-state index contributed by atoms with van der Waals surface area (Å²) in [4.78, 5) is 12.0. The molecule has 6 heteroatoms. The van der Waals surface area contributed by atoms with E-state index in [2.05, 4.69) is 5.32 Å². The number of hydrogen-bond acceptors (Lipinski definition) is 5. The maximum Gasteiger partial charge on any atom is 0.251 e. The molecular weight excluding hydrogens is 262 g/mol. The van der Waals surface area contributed by atoms with Gasteiger partial charge in [0.05, 0.1) is 25.9 Å². The molecule has 0 aromatic heterocycles. The van der Waals surface area contributed by atoms with Crippen molar-refractivity contribution in [1.29, 1.82) is 0 Å². The largest absolute Gasteiger partial charge is 0.491 e. The van der Waals surface area contributed by atoms with E-state index < -0.39 is 31.3 Å². The molecule has 1 aromatic rings. The van der Waals surface area contributed by atoms with Crippen molar-refractivity contribution in [3.05, 3.63) is 29.8 Å². The number of aliphatic hydroxyl groups is 3. The van der Waals surface area contributed by atoms with E-state index in [1.165, 1.54) is 0 Å². The lowest BCUT2D eigenvalue weighted by molar-refractivity contribution is 0.0375. The van der Waals surface area contributed by atoms with Crippen LogP contribution in [0.1, 0.15) is 24.2 Å². The first-order valence-electron chi connectivity index (χ1n) is 6.38. The van der Waals surface area contributed by atoms with E-state index in [9.17, 15) is 4.79 Å². The molecule has 0 radical (unpaired) electrons. The fraction of sp³-hybridized carbons (Fsp3) is 0.500. The molecule has 6 nitrogen and oxygen atoms in total. The topological polar surface area (TPSA) is 99.0 Å². The van der Waals surface area contributed by atoms with Gasteiger partial charge in [-0.1, -0.05) is 0 Å². The van der Waals surface area contributed by atoms with E-state index in [0.29, 0.717) is 11.3 Å². The van der Waals surface area contributed by atoms with Crippen LogP contribution in [0.25, 0.3) is 0 Å². The van der Waals surface area contributed by atoms with Crippen molar-refractivity contribution in [1.82, 2.24) is 5.32 Å². The Kier molecular flexibility index (Phi) is 5.94. The van der Waals surface area contributed by atoms with Gasteiger partial charge in [0, 0.05) is 5.56 Å². The van der Waals surface area contributed by atoms with E-state index in [0.717, 1.165) is 0 Å². The molecule has 0 spiro atoms. The molecule has 1 aromatic carbocycles. The molecule has 0 aliphatic carbocycles. The Labute approximate surface area is 118 Å². The minimum Gasteiger partial charge on any atom is -0.491 e. The standard InChI is InChI=1S/C14H21NO5/c1-10(2)20-12-5-3-11(4-6-12)13(19)15-14(7-16,8-17)9-18/h3-6,10,16-18H,7-9H2,1-2H3,(H,15,19). The molecule has 1 rings (SSSR count). The van der Waals surface area contributed by atoms with Gasteiger partial charge in [0.15, 0.2) is 0 Å². The summed E-state index contributed by atoms with van der Waals surface area (Å²) in [7, 11) is 0. The summed E-state index contributed by atoms with van der Waals surface area (Å²) < 4.78 is 5.46. The summed E-state index contributed by atoms with van der Waals surface area (Å²) in [6.45, 7) is 2.14. The molecule has 0 heterocycles. The number of amides is 1. The Hall–Kier alpha value is -1.63. The van der Waals surface area contributed by atoms with E-state index in [1.807, 2.05) is 13.8 Å². The zero-order valence-electron chi connectivity index (χ0n) is 11.7. The fourth-order valence-electron chi connectivity index (χ4n) is 1.54. The Morgan fingerprint density at radius 2 is 1.65 bits per heavy atom. The number of benzene rings is 1. The van der Waals surface area contributed by atoms with Crippen molar-refractivity contribution in [2.45, 2.75) is 25.5 Å². The van der Waals surface area contributed by atoms with Gasteiger partial charge < -0.3 is 25.4 Å². The molecule has 4 N–H and O–H groups in total. The van der Waals surface area contributed by atoms with Crippen molar-refractivity contribution in [3.8, 4) is 5.75 Å². The first-order chi connectivity index (χ1) is 9.46. The van der Waals surface area contributed by atoms with Crippen LogP contribution in [-0.4, -0.2) is 52.7 Å². The van der Waals surface area contributed by atoms with Crippen LogP contribution in [-0.2, 0) is 0 Å². The third-order valence-electron chi connectivity index (χ3n) is 2.77. The molecule has 112 valence electrons. The summed E-state index contributed by atoms with van der Waals surface area (Å²) in [5.74, 6) is 0.160. The van der Waals surface area contributed by atoms with Crippen molar-refractivity contribution < 1.29 is 24.9 Å². The van der Waals surface area contributed by atoms with Crippen molar-refractivity contribution in [2.24, 2.45) is 0 Å². The number of carbonyl (C=O) groups is 1. The van der Waals surface area contributed by atoms with Gasteiger partial charge >= 0.3 is 0 Å². The van der Waals surface area contributed by atoms with Crippen molar-refractivity contribution in [2.75, 3.05) is 19.8 Å². The number of carbonyl (C=O) groups excluding carboxylic acids is 1. The molecule has 0 atom stereocenters. The Morgan fingerprint density at radius 1 is 1.15 bits per heavy atom. The van der Waals surface area contributed by atoms with Gasteiger partial charge in [0.1, 0.15) is 11.3 Å². The second kappa shape index (κ2) is 7.23. The minimum absolute atomic E-state index is 0.0421. The van der Waals surface area contributed by atoms with Crippen LogP contribution in [0.4, 0.5) is 0 Å². The zero-order chi connectivity index (χ0) is 15.2. The highest BCUT2D eigenvalue weighted by molar-refractivity contribution is 5.94. The Morgan fingerprint density at radius 3 is 2.05 bits per heavy atom. The molecule has 0 fully saturated rings. The zero-order valence-corrected chi connectivity index (χ0v) is 11.7. The summed E-state index contributed by atoms with van der Waals surface area (Å²) in [5, 5.41) is 29.9. The SMILES string of the molecule is CC(C)Oc1ccc(C(=O)NC(CO)(CO)CO)cc1. The summed E-state index contributed by atoms with van der Waals surface area (Å²) in [6.07, 6.45) is 0.0421. The maximum atomic E-state index is 12.0. The molecule has 0 unspecified atom stereocenters. The summed E-state index contributed by atoms with van der Waals surface area (Å²) in [6, 6.07) is 6.47. The van der Waals surface area contributed by atoms with Gasteiger partial charge in [0.25, 0.3) is 5.91 Å². The quantitative estimate of drug-likeness (QED) is 0.561. The molecule has 0 saturated carbocycles. The second-order valence-corrected chi connectivity index (χ2v) is 4.90. The smallest absolute Gasteiger partial charge is 0.251 e. The second-order valence-electron chi connectivity index (χ2n) is 4.90. The van der Waals surface area contributed by atoms with Gasteiger partial charge in [-0.2, -0.15) is 0 Å². The third-order valence-corrected chi connectivity index (χ3v) is 2.77. The Bertz CT molecular complexity index is 417. The van der Waals surface area contributed by atoms with Crippen molar-refractivity contribution >= 4 is 5.91 Å². The summed E-state index contributed by atoms with van der Waals surface area (Å²) >= 11 is 0. The molecule has 0 bridgehead atoms. The van der Waals surface area contributed by atoms with Crippen LogP contribution in [0, 0.1) is 0 Å². The van der Waals surface area contributed by atoms with Gasteiger partial charge in [-0.25, -0.2) is 0 Å². The fourth-order valence-corrected chi connectivity index (χ4v) is 1.54. The number of rotatable bonds is 7. The molecule has 0 saturated heterocycles. The molecule has 1 amide bonds. The van der Waals surface area contributed by atoms with Crippen LogP contribution in [0.5, 0.6) is 5.75 Å². The van der Waals surface area contributed by atoms with Crippen LogP contribution >= 0.6 is 0 Å². The summed E-state index contributed by atoms with van der Waals surface area (Å²) in [5.41, 5.74) is -1.08. The first-order valence-corrected chi connectivity index (χ1v) is 6.38. The van der Waals surface area contributed by atoms with Crippen molar-refractivity contribution in [3.63, 3.8) is 0 Å². The predicted octanol–water partition coefficient (Wildman–Crippen LogP) is -0.0807. The lowest BCUT2D eigenvalue weighted by atomic mass is 10.0. The average Bonchev–Trinajstić information content (AvgIpc) is 2.45. The van der Waals surface area contributed by atoms with Crippen LogP contribution in [0.15, 0.2) is 24.3 Å². The first kappa shape index (κ1) is 16.4. The van der Waals surface area contributed by atoms with Crippen LogP contribution < -0.4 is 10.1 Å². The maximum absolute atomic E-state index is 12.0. The minimum atomic E-state index is -1.43. The number of nitrogens with one attached hydrogen (secondary N) is 1. The van der Waals surface area contributed by atoms with Gasteiger partial charge in [0.2, 0.25) is 0 Å². The highest BCUT2D eigenvalue weighted by atomic mass is 16.5. The lowest BCUT2D eigenvalue weighted by Crippen LogP contribution is -2.57. The molecule has 0 aliphatic heterocycles. The number of ether oxygens (including phenoxy) is 1. The Balaban J connectivity index is 2.77. The monoisotopic (exact) mass is 283 g/mol. The number of hydrogen-bond donors (Lipinski definition) is 4. The van der Waals surface area contributed by atoms with E-state index in [1.54, 1.807) is 24.3 Å². The van der Waals surface area contributed by atoms with Gasteiger partial charge in [-0.15, -0.1) is 0 Å². The number of aliphatic hydroxyl groups excluding tert-OH is 3. The molecule has 0 aliphatic rings. The predicted molar refractivity (Wildman–Crippen MR) is 73.7 cm³/mol.